The van der Waals surface area contributed by atoms with Gasteiger partial charge in [0.25, 0.3) is 0 Å². The van der Waals surface area contributed by atoms with Crippen LogP contribution in [0.15, 0.2) is 12.1 Å². The highest BCUT2D eigenvalue weighted by atomic mass is 16.5. The fourth-order valence-corrected chi connectivity index (χ4v) is 1.82. The summed E-state index contributed by atoms with van der Waals surface area (Å²) in [5.74, 6) is 1.26. The lowest BCUT2D eigenvalue weighted by molar-refractivity contribution is 0.373. The zero-order valence-electron chi connectivity index (χ0n) is 10.7. The van der Waals surface area contributed by atoms with Crippen LogP contribution in [0.5, 0.6) is 17.2 Å². The number of hydrogen-bond acceptors (Lipinski definition) is 4. The van der Waals surface area contributed by atoms with Crippen molar-refractivity contribution in [2.24, 2.45) is 5.73 Å². The molecule has 0 saturated carbocycles. The molecule has 96 valence electrons. The minimum atomic E-state index is -0.212. The number of nitrogens with two attached hydrogens (primary N) is 1. The highest BCUT2D eigenvalue weighted by Crippen LogP contribution is 2.38. The summed E-state index contributed by atoms with van der Waals surface area (Å²) < 4.78 is 10.3. The molecule has 1 aromatic rings. The number of aromatic hydroxyl groups is 1. The van der Waals surface area contributed by atoms with Gasteiger partial charge in [-0.05, 0) is 6.42 Å². The van der Waals surface area contributed by atoms with Crippen molar-refractivity contribution < 1.29 is 14.6 Å². The van der Waals surface area contributed by atoms with Crippen LogP contribution >= 0.6 is 0 Å². The molecule has 0 fully saturated rings. The first kappa shape index (κ1) is 13.6. The summed E-state index contributed by atoms with van der Waals surface area (Å²) >= 11 is 0. The minimum absolute atomic E-state index is 0.129. The van der Waals surface area contributed by atoms with Crippen molar-refractivity contribution in [1.29, 1.82) is 0 Å². The van der Waals surface area contributed by atoms with E-state index < -0.39 is 0 Å². The Kier molecular flexibility index (Phi) is 5.10. The van der Waals surface area contributed by atoms with E-state index in [0.29, 0.717) is 17.1 Å². The monoisotopic (exact) mass is 239 g/mol. The summed E-state index contributed by atoms with van der Waals surface area (Å²) in [6, 6.07) is 3.08. The molecule has 0 saturated heterocycles. The van der Waals surface area contributed by atoms with E-state index in [2.05, 4.69) is 6.92 Å². The maximum atomic E-state index is 9.96. The Morgan fingerprint density at radius 1 is 1.29 bits per heavy atom. The van der Waals surface area contributed by atoms with Crippen LogP contribution in [0, 0.1) is 0 Å². The number of benzene rings is 1. The third-order valence-electron chi connectivity index (χ3n) is 2.79. The fourth-order valence-electron chi connectivity index (χ4n) is 1.82. The fraction of sp³-hybridized carbons (Fsp3) is 0.538. The predicted octanol–water partition coefficient (Wildman–Crippen LogP) is 2.60. The van der Waals surface area contributed by atoms with Gasteiger partial charge in [0, 0.05) is 18.2 Å². The van der Waals surface area contributed by atoms with Crippen LogP contribution in [0.25, 0.3) is 0 Å². The molecule has 17 heavy (non-hydrogen) atoms. The van der Waals surface area contributed by atoms with Crippen LogP contribution in [0.2, 0.25) is 0 Å². The highest BCUT2D eigenvalue weighted by Gasteiger charge is 2.18. The minimum Gasteiger partial charge on any atom is -0.507 e. The Balaban J connectivity index is 3.04. The molecule has 1 atom stereocenters. The first-order chi connectivity index (χ1) is 8.13. The van der Waals surface area contributed by atoms with Gasteiger partial charge in [-0.2, -0.15) is 0 Å². The number of rotatable bonds is 6. The molecule has 1 rings (SSSR count). The molecular weight excluding hydrogens is 218 g/mol. The van der Waals surface area contributed by atoms with Crippen molar-refractivity contribution in [3.05, 3.63) is 17.7 Å². The summed E-state index contributed by atoms with van der Waals surface area (Å²) in [6.07, 6.45) is 2.93. The molecule has 4 nitrogen and oxygen atoms in total. The molecular formula is C13H21NO3. The SMILES string of the molecule is CCCC[C@@H](N)c1c(O)cc(OC)cc1OC. The summed E-state index contributed by atoms with van der Waals surface area (Å²) in [5.41, 5.74) is 6.72. The third kappa shape index (κ3) is 3.27. The van der Waals surface area contributed by atoms with E-state index in [1.54, 1.807) is 26.4 Å². The van der Waals surface area contributed by atoms with E-state index in [-0.39, 0.29) is 11.8 Å². The van der Waals surface area contributed by atoms with Gasteiger partial charge in [0.15, 0.2) is 0 Å². The molecule has 0 aliphatic heterocycles. The van der Waals surface area contributed by atoms with Gasteiger partial charge in [0.05, 0.1) is 19.8 Å². The lowest BCUT2D eigenvalue weighted by Crippen LogP contribution is -2.12. The second-order valence-corrected chi connectivity index (χ2v) is 4.01. The first-order valence-corrected chi connectivity index (χ1v) is 5.84. The van der Waals surface area contributed by atoms with Gasteiger partial charge < -0.3 is 20.3 Å². The van der Waals surface area contributed by atoms with Gasteiger partial charge >= 0.3 is 0 Å². The Labute approximate surface area is 102 Å². The molecule has 0 radical (unpaired) electrons. The molecule has 3 N–H and O–H groups in total. The molecule has 0 amide bonds. The van der Waals surface area contributed by atoms with E-state index >= 15 is 0 Å². The van der Waals surface area contributed by atoms with E-state index in [0.717, 1.165) is 19.3 Å². The van der Waals surface area contributed by atoms with E-state index in [4.69, 9.17) is 15.2 Å². The molecule has 0 heterocycles. The van der Waals surface area contributed by atoms with Gasteiger partial charge in [0.1, 0.15) is 17.2 Å². The zero-order valence-corrected chi connectivity index (χ0v) is 10.7. The Morgan fingerprint density at radius 2 is 2.00 bits per heavy atom. The third-order valence-corrected chi connectivity index (χ3v) is 2.79. The Morgan fingerprint density at radius 3 is 2.53 bits per heavy atom. The average molecular weight is 239 g/mol. The summed E-state index contributed by atoms with van der Waals surface area (Å²) in [4.78, 5) is 0. The van der Waals surface area contributed by atoms with Crippen molar-refractivity contribution in [2.75, 3.05) is 14.2 Å². The molecule has 1 aromatic carbocycles. The number of phenols is 1. The molecule has 0 bridgehead atoms. The lowest BCUT2D eigenvalue weighted by atomic mass is 10.00. The quantitative estimate of drug-likeness (QED) is 0.801. The molecule has 4 heteroatoms. The summed E-state index contributed by atoms with van der Waals surface area (Å²) in [7, 11) is 3.11. The molecule has 0 aromatic heterocycles. The van der Waals surface area contributed by atoms with Crippen molar-refractivity contribution >= 4 is 0 Å². The second-order valence-electron chi connectivity index (χ2n) is 4.01. The van der Waals surface area contributed by atoms with Gasteiger partial charge in [-0.15, -0.1) is 0 Å². The van der Waals surface area contributed by atoms with Crippen molar-refractivity contribution in [2.45, 2.75) is 32.2 Å². The molecule has 0 aliphatic carbocycles. The molecule has 0 spiro atoms. The number of methoxy groups -OCH3 is 2. The van der Waals surface area contributed by atoms with E-state index in [1.807, 2.05) is 0 Å². The smallest absolute Gasteiger partial charge is 0.131 e. The zero-order chi connectivity index (χ0) is 12.8. The topological polar surface area (TPSA) is 64.7 Å². The van der Waals surface area contributed by atoms with Crippen LogP contribution < -0.4 is 15.2 Å². The van der Waals surface area contributed by atoms with Gasteiger partial charge in [-0.25, -0.2) is 0 Å². The van der Waals surface area contributed by atoms with Crippen molar-refractivity contribution in [3.8, 4) is 17.2 Å². The van der Waals surface area contributed by atoms with Gasteiger partial charge in [-0.3, -0.25) is 0 Å². The maximum absolute atomic E-state index is 9.96. The predicted molar refractivity (Wildman–Crippen MR) is 67.7 cm³/mol. The Bertz CT molecular complexity index is 366. The van der Waals surface area contributed by atoms with Crippen LogP contribution in [-0.2, 0) is 0 Å². The van der Waals surface area contributed by atoms with Crippen LogP contribution in [0.4, 0.5) is 0 Å². The van der Waals surface area contributed by atoms with E-state index in [9.17, 15) is 5.11 Å². The largest absolute Gasteiger partial charge is 0.507 e. The second kappa shape index (κ2) is 6.35. The standard InChI is InChI=1S/C13H21NO3/c1-4-5-6-10(14)13-11(15)7-9(16-2)8-12(13)17-3/h7-8,10,15H,4-6,14H2,1-3H3/t10-/m1/s1. The molecule has 0 unspecified atom stereocenters. The van der Waals surface area contributed by atoms with Gasteiger partial charge in [-0.1, -0.05) is 19.8 Å². The van der Waals surface area contributed by atoms with Crippen molar-refractivity contribution in [1.82, 2.24) is 0 Å². The first-order valence-electron chi connectivity index (χ1n) is 5.84. The summed E-state index contributed by atoms with van der Waals surface area (Å²) in [6.45, 7) is 2.11. The summed E-state index contributed by atoms with van der Waals surface area (Å²) in [5, 5.41) is 9.96. The van der Waals surface area contributed by atoms with Crippen LogP contribution in [0.3, 0.4) is 0 Å². The molecule has 0 aliphatic rings. The highest BCUT2D eigenvalue weighted by molar-refractivity contribution is 5.51. The maximum Gasteiger partial charge on any atom is 0.131 e. The van der Waals surface area contributed by atoms with Crippen molar-refractivity contribution in [3.63, 3.8) is 0 Å². The average Bonchev–Trinajstić information content (AvgIpc) is 2.34. The number of hydrogen-bond donors (Lipinski definition) is 2. The number of ether oxygens (including phenoxy) is 2. The lowest BCUT2D eigenvalue weighted by Gasteiger charge is -2.18. The number of phenolic OH excluding ortho intramolecular Hbond substituents is 1. The normalized spacial score (nSPS) is 12.2. The van der Waals surface area contributed by atoms with Crippen LogP contribution in [-0.4, -0.2) is 19.3 Å². The van der Waals surface area contributed by atoms with E-state index in [1.165, 1.54) is 0 Å². The number of unbranched alkanes of at least 4 members (excludes halogenated alkanes) is 1. The van der Waals surface area contributed by atoms with Crippen LogP contribution in [0.1, 0.15) is 37.8 Å². The van der Waals surface area contributed by atoms with Gasteiger partial charge in [0.2, 0.25) is 0 Å². The Hall–Kier alpha value is -1.42.